The third-order valence-electron chi connectivity index (χ3n) is 6.74. The second-order valence-corrected chi connectivity index (χ2v) is 11.3. The molecule has 1 aromatic heterocycles. The number of hydrazine groups is 2. The molecule has 2 aliphatic rings. The first-order valence-electron chi connectivity index (χ1n) is 13.0. The fraction of sp³-hybridized carbons (Fsp3) is 0.379. The Morgan fingerprint density at radius 2 is 1.97 bits per heavy atom. The van der Waals surface area contributed by atoms with Crippen molar-refractivity contribution in [2.45, 2.75) is 58.7 Å². The van der Waals surface area contributed by atoms with Crippen molar-refractivity contribution in [2.24, 2.45) is 5.41 Å². The molecule has 2 heterocycles. The normalized spacial score (nSPS) is 17.0. The minimum absolute atomic E-state index is 0.0139. The Morgan fingerprint density at radius 1 is 1.24 bits per heavy atom. The predicted molar refractivity (Wildman–Crippen MR) is 147 cm³/mol. The minimum Gasteiger partial charge on any atom is -0.389 e. The molecule has 1 aliphatic carbocycles. The Hall–Kier alpha value is -3.87. The molecule has 38 heavy (non-hydrogen) atoms. The lowest BCUT2D eigenvalue weighted by atomic mass is 9.96. The molecule has 0 amide bonds. The van der Waals surface area contributed by atoms with Gasteiger partial charge in [-0.05, 0) is 55.0 Å². The first-order valence-corrected chi connectivity index (χ1v) is 13.0. The van der Waals surface area contributed by atoms with Gasteiger partial charge in [0.1, 0.15) is 11.9 Å². The van der Waals surface area contributed by atoms with Crippen LogP contribution in [0.3, 0.4) is 0 Å². The zero-order valence-electron chi connectivity index (χ0n) is 22.1. The minimum atomic E-state index is -0.782. The van der Waals surface area contributed by atoms with Crippen molar-refractivity contribution in [3.8, 4) is 6.07 Å². The maximum atomic E-state index is 13.8. The number of nitrogens with one attached hydrogen (secondary N) is 4. The van der Waals surface area contributed by atoms with E-state index in [1.54, 1.807) is 25.3 Å². The number of benzene rings is 2. The first-order chi connectivity index (χ1) is 18.1. The third-order valence-corrected chi connectivity index (χ3v) is 6.74. The van der Waals surface area contributed by atoms with Gasteiger partial charge >= 0.3 is 0 Å². The molecule has 0 saturated heterocycles. The van der Waals surface area contributed by atoms with Crippen LogP contribution in [0.25, 0.3) is 10.9 Å². The molecule has 0 radical (unpaired) electrons. The predicted octanol–water partition coefficient (Wildman–Crippen LogP) is 5.24. The van der Waals surface area contributed by atoms with E-state index in [1.165, 1.54) is 12.1 Å². The molecule has 1 aliphatic heterocycles. The van der Waals surface area contributed by atoms with Crippen LogP contribution in [0.5, 0.6) is 0 Å². The average Bonchev–Trinajstić information content (AvgIpc) is 3.62. The number of rotatable bonds is 8. The Labute approximate surface area is 222 Å². The summed E-state index contributed by atoms with van der Waals surface area (Å²) in [7, 11) is 0. The Kier molecular flexibility index (Phi) is 6.86. The van der Waals surface area contributed by atoms with Gasteiger partial charge in [0, 0.05) is 41.6 Å². The molecule has 1 saturated carbocycles. The van der Waals surface area contributed by atoms with Crippen LogP contribution in [0.2, 0.25) is 0 Å². The van der Waals surface area contributed by atoms with Gasteiger partial charge in [0.25, 0.3) is 0 Å². The molecule has 2 unspecified atom stereocenters. The molecule has 0 spiro atoms. The number of halogens is 1. The number of aliphatic hydroxyl groups is 1. The number of aromatic nitrogens is 1. The number of nitrogens with zero attached hydrogens (tertiary/aromatic N) is 3. The van der Waals surface area contributed by atoms with Crippen molar-refractivity contribution in [3.63, 3.8) is 0 Å². The van der Waals surface area contributed by atoms with E-state index in [4.69, 9.17) is 0 Å². The second-order valence-electron chi connectivity index (χ2n) is 11.3. The Balaban J connectivity index is 1.60. The maximum absolute atomic E-state index is 13.8. The standard InChI is InChI=1S/C29H34FN7O/c1-17(38)23-11-21(12-24-26(33-16-29(2,3)4)19(13-31)14-32-28(23)24)34-27(18-5-7-20(30)8-6-18)25-15-37(36-35-25)22-9-10-22/h5-8,11-12,14-15,17,22,27,34-36,38H,9-10,16H2,1-4H3,(H,32,33). The van der Waals surface area contributed by atoms with Crippen LogP contribution in [0.15, 0.2) is 54.5 Å². The molecule has 1 fully saturated rings. The number of fused-ring (bicyclic) bond motifs is 1. The summed E-state index contributed by atoms with van der Waals surface area (Å²) in [6.07, 6.45) is 5.08. The summed E-state index contributed by atoms with van der Waals surface area (Å²) in [4.78, 5) is 4.55. The van der Waals surface area contributed by atoms with Crippen molar-refractivity contribution in [1.82, 2.24) is 21.0 Å². The van der Waals surface area contributed by atoms with E-state index >= 15 is 0 Å². The summed E-state index contributed by atoms with van der Waals surface area (Å²) >= 11 is 0. The van der Waals surface area contributed by atoms with Crippen LogP contribution in [0.1, 0.15) is 69.4 Å². The lowest BCUT2D eigenvalue weighted by molar-refractivity contribution is 0.200. The van der Waals surface area contributed by atoms with Gasteiger partial charge in [-0.25, -0.2) is 4.39 Å². The van der Waals surface area contributed by atoms with Crippen molar-refractivity contribution < 1.29 is 9.50 Å². The van der Waals surface area contributed by atoms with Crippen LogP contribution < -0.4 is 21.6 Å². The van der Waals surface area contributed by atoms with Gasteiger partial charge < -0.3 is 21.2 Å². The van der Waals surface area contributed by atoms with Gasteiger partial charge in [-0.15, -0.1) is 5.53 Å². The van der Waals surface area contributed by atoms with Crippen molar-refractivity contribution in [1.29, 1.82) is 5.26 Å². The first kappa shape index (κ1) is 25.8. The number of aliphatic hydroxyl groups excluding tert-OH is 1. The van der Waals surface area contributed by atoms with E-state index in [-0.39, 0.29) is 17.3 Å². The van der Waals surface area contributed by atoms with Crippen LogP contribution >= 0.6 is 0 Å². The van der Waals surface area contributed by atoms with E-state index < -0.39 is 6.10 Å². The van der Waals surface area contributed by atoms with Crippen molar-refractivity contribution >= 4 is 22.3 Å². The van der Waals surface area contributed by atoms with Crippen LogP contribution in [-0.4, -0.2) is 27.7 Å². The molecule has 9 heteroatoms. The monoisotopic (exact) mass is 515 g/mol. The Bertz CT molecular complexity index is 1400. The van der Waals surface area contributed by atoms with Crippen molar-refractivity contribution in [3.05, 3.63) is 77.0 Å². The van der Waals surface area contributed by atoms with E-state index in [0.717, 1.165) is 35.2 Å². The van der Waals surface area contributed by atoms with E-state index in [2.05, 4.69) is 58.4 Å². The summed E-state index contributed by atoms with van der Waals surface area (Å²) in [5, 5.41) is 30.4. The van der Waals surface area contributed by atoms with Gasteiger partial charge in [0.05, 0.1) is 34.6 Å². The largest absolute Gasteiger partial charge is 0.389 e. The summed E-state index contributed by atoms with van der Waals surface area (Å²) in [6.45, 7) is 8.73. The highest BCUT2D eigenvalue weighted by Crippen LogP contribution is 2.37. The molecule has 0 bridgehead atoms. The highest BCUT2D eigenvalue weighted by molar-refractivity contribution is 5.98. The van der Waals surface area contributed by atoms with Gasteiger partial charge in [0.15, 0.2) is 0 Å². The van der Waals surface area contributed by atoms with Gasteiger partial charge in [-0.2, -0.15) is 5.26 Å². The summed E-state index contributed by atoms with van der Waals surface area (Å²) in [6, 6.07) is 12.7. The maximum Gasteiger partial charge on any atom is 0.123 e. The molecule has 8 nitrogen and oxygen atoms in total. The van der Waals surface area contributed by atoms with Gasteiger partial charge in [-0.3, -0.25) is 9.99 Å². The quantitative estimate of drug-likeness (QED) is 0.277. The number of nitriles is 1. The lowest BCUT2D eigenvalue weighted by Gasteiger charge is -2.24. The van der Waals surface area contributed by atoms with Crippen LogP contribution in [0.4, 0.5) is 15.8 Å². The van der Waals surface area contributed by atoms with Crippen LogP contribution in [0, 0.1) is 22.6 Å². The van der Waals surface area contributed by atoms with E-state index in [1.807, 2.05) is 18.3 Å². The topological polar surface area (TPSA) is 108 Å². The van der Waals surface area contributed by atoms with Crippen molar-refractivity contribution in [2.75, 3.05) is 17.2 Å². The van der Waals surface area contributed by atoms with E-state index in [9.17, 15) is 14.8 Å². The second kappa shape index (κ2) is 10.1. The summed E-state index contributed by atoms with van der Waals surface area (Å²) in [5.41, 5.74) is 11.4. The zero-order valence-corrected chi connectivity index (χ0v) is 22.1. The summed E-state index contributed by atoms with van der Waals surface area (Å²) in [5.74, 6) is -0.301. The van der Waals surface area contributed by atoms with Crippen LogP contribution in [-0.2, 0) is 0 Å². The Morgan fingerprint density at radius 3 is 2.61 bits per heavy atom. The molecule has 5 N–H and O–H groups in total. The van der Waals surface area contributed by atoms with Gasteiger partial charge in [0.2, 0.25) is 0 Å². The average molecular weight is 516 g/mol. The number of anilines is 2. The molecule has 198 valence electrons. The van der Waals surface area contributed by atoms with Gasteiger partial charge in [-0.1, -0.05) is 32.9 Å². The fourth-order valence-electron chi connectivity index (χ4n) is 4.56. The fourth-order valence-corrected chi connectivity index (χ4v) is 4.56. The third kappa shape index (κ3) is 5.52. The number of pyridine rings is 1. The highest BCUT2D eigenvalue weighted by Gasteiger charge is 2.32. The molecule has 2 aromatic carbocycles. The number of hydrogen-bond donors (Lipinski definition) is 5. The molecular weight excluding hydrogens is 481 g/mol. The molecule has 2 atom stereocenters. The smallest absolute Gasteiger partial charge is 0.123 e. The lowest BCUT2D eigenvalue weighted by Crippen LogP contribution is -2.38. The SMILES string of the molecule is CC(O)c1cc(NC(C2=CN(C3CC3)NN2)c2ccc(F)cc2)cc2c(NCC(C)(C)C)c(C#N)cnc12. The number of hydrogen-bond acceptors (Lipinski definition) is 8. The molecular formula is C29H34FN7O. The molecule has 5 rings (SSSR count). The zero-order chi connectivity index (χ0) is 27.0. The highest BCUT2D eigenvalue weighted by atomic mass is 19.1. The summed E-state index contributed by atoms with van der Waals surface area (Å²) < 4.78 is 13.8. The molecule has 3 aromatic rings. The van der Waals surface area contributed by atoms with E-state index in [0.29, 0.717) is 34.9 Å².